The van der Waals surface area contributed by atoms with E-state index in [1.807, 2.05) is 18.2 Å². The molecule has 0 heterocycles. The molecule has 5 N–H and O–H groups in total. The first-order valence-corrected chi connectivity index (χ1v) is 8.05. The van der Waals surface area contributed by atoms with Crippen LogP contribution in [0.3, 0.4) is 0 Å². The molecule has 0 bridgehead atoms. The number of benzene rings is 2. The second kappa shape index (κ2) is 8.47. The molecule has 0 aliphatic carbocycles. The number of rotatable bonds is 8. The largest absolute Gasteiger partial charge is 0.507 e. The van der Waals surface area contributed by atoms with Crippen LogP contribution in [0.25, 0.3) is 0 Å². The zero-order valence-corrected chi connectivity index (χ0v) is 13.8. The van der Waals surface area contributed by atoms with Gasteiger partial charge in [-0.3, -0.25) is 4.79 Å². The van der Waals surface area contributed by atoms with E-state index in [1.165, 1.54) is 17.7 Å². The number of carbonyl (C=O) groups excluding carboxylic acids is 1. The molecule has 0 fully saturated rings. The van der Waals surface area contributed by atoms with Crippen LogP contribution in [0.4, 0.5) is 0 Å². The number of aromatic hydroxyl groups is 1. The van der Waals surface area contributed by atoms with Gasteiger partial charge >= 0.3 is 0 Å². The van der Waals surface area contributed by atoms with Gasteiger partial charge < -0.3 is 21.3 Å². The summed E-state index contributed by atoms with van der Waals surface area (Å²) in [6.45, 7) is 2.43. The number of nitrogens with one attached hydrogen (secondary N) is 1. The summed E-state index contributed by atoms with van der Waals surface area (Å²) in [5, 5.41) is 23.1. The molecule has 0 aliphatic heterocycles. The molecule has 0 spiro atoms. The highest BCUT2D eigenvalue weighted by Crippen LogP contribution is 2.22. The quantitative estimate of drug-likeness (QED) is 0.597. The van der Waals surface area contributed by atoms with Crippen molar-refractivity contribution in [1.29, 1.82) is 0 Å². The van der Waals surface area contributed by atoms with Crippen LogP contribution in [-0.2, 0) is 6.42 Å². The Hall–Kier alpha value is -2.37. The Morgan fingerprint density at radius 1 is 1.21 bits per heavy atom. The molecule has 1 unspecified atom stereocenters. The average molecular weight is 328 g/mol. The Bertz CT molecular complexity index is 674. The Balaban J connectivity index is 1.85. The van der Waals surface area contributed by atoms with Crippen molar-refractivity contribution in [2.75, 3.05) is 6.54 Å². The summed E-state index contributed by atoms with van der Waals surface area (Å²) in [6.07, 6.45) is 1.15. The fourth-order valence-electron chi connectivity index (χ4n) is 2.52. The number of carbonyl (C=O) groups is 1. The van der Waals surface area contributed by atoms with Crippen LogP contribution in [0.1, 0.15) is 40.9 Å². The minimum atomic E-state index is -0.775. The number of phenols is 1. The number of nitrogens with two attached hydrogens (primary N) is 1. The van der Waals surface area contributed by atoms with E-state index in [9.17, 15) is 15.0 Å². The topological polar surface area (TPSA) is 95.6 Å². The normalized spacial score (nSPS) is 13.4. The molecule has 24 heavy (non-hydrogen) atoms. The standard InChI is InChI=1S/C19H24N2O3/c1-13(7-8-14-5-3-2-4-6-14)21-12-18(23)15-9-10-17(22)16(11-15)19(20)24/h2-6,9-11,13,18,21-23H,7-8,12H2,1H3,(H2,20,24)/t13?,18-/m0/s1. The summed E-state index contributed by atoms with van der Waals surface area (Å²) in [6, 6.07) is 14.9. The molecule has 2 atom stereocenters. The van der Waals surface area contributed by atoms with Crippen LogP contribution in [-0.4, -0.2) is 28.7 Å². The molecular formula is C19H24N2O3. The van der Waals surface area contributed by atoms with E-state index >= 15 is 0 Å². The maximum atomic E-state index is 11.2. The predicted octanol–water partition coefficient (Wildman–Crippen LogP) is 2.14. The number of aliphatic hydroxyl groups is 1. The highest BCUT2D eigenvalue weighted by atomic mass is 16.3. The fourth-order valence-corrected chi connectivity index (χ4v) is 2.52. The van der Waals surface area contributed by atoms with Crippen LogP contribution in [0.2, 0.25) is 0 Å². The Labute approximate surface area is 142 Å². The lowest BCUT2D eigenvalue weighted by Gasteiger charge is -2.18. The van der Waals surface area contributed by atoms with Gasteiger partial charge in [0.2, 0.25) is 0 Å². The number of primary amides is 1. The van der Waals surface area contributed by atoms with Crippen LogP contribution in [0.15, 0.2) is 48.5 Å². The van der Waals surface area contributed by atoms with Gasteiger partial charge in [-0.2, -0.15) is 0 Å². The van der Waals surface area contributed by atoms with E-state index < -0.39 is 12.0 Å². The van der Waals surface area contributed by atoms with Crippen molar-refractivity contribution in [2.24, 2.45) is 5.73 Å². The molecule has 5 heteroatoms. The van der Waals surface area contributed by atoms with E-state index in [1.54, 1.807) is 6.07 Å². The minimum absolute atomic E-state index is 0.0173. The van der Waals surface area contributed by atoms with Gasteiger partial charge in [0.1, 0.15) is 5.75 Å². The van der Waals surface area contributed by atoms with Crippen molar-refractivity contribution in [1.82, 2.24) is 5.32 Å². The average Bonchev–Trinajstić information content (AvgIpc) is 2.59. The van der Waals surface area contributed by atoms with E-state index in [-0.39, 0.29) is 17.4 Å². The van der Waals surface area contributed by atoms with Crippen molar-refractivity contribution >= 4 is 5.91 Å². The fraction of sp³-hybridized carbons (Fsp3) is 0.316. The SMILES string of the molecule is CC(CCc1ccccc1)NC[C@H](O)c1ccc(O)c(C(N)=O)c1. The van der Waals surface area contributed by atoms with Gasteiger partial charge in [-0.15, -0.1) is 0 Å². The molecule has 128 valence electrons. The summed E-state index contributed by atoms with van der Waals surface area (Å²) >= 11 is 0. The van der Waals surface area contributed by atoms with Gasteiger partial charge in [-0.1, -0.05) is 36.4 Å². The molecule has 2 aromatic carbocycles. The van der Waals surface area contributed by atoms with Crippen molar-refractivity contribution < 1.29 is 15.0 Å². The first kappa shape index (κ1) is 18.0. The summed E-state index contributed by atoms with van der Waals surface area (Å²) in [7, 11) is 0. The summed E-state index contributed by atoms with van der Waals surface area (Å²) in [5.41, 5.74) is 7.06. The summed E-state index contributed by atoms with van der Waals surface area (Å²) < 4.78 is 0. The van der Waals surface area contributed by atoms with E-state index in [2.05, 4.69) is 24.4 Å². The lowest BCUT2D eigenvalue weighted by atomic mass is 10.0. The zero-order chi connectivity index (χ0) is 17.5. The number of hydrogen-bond acceptors (Lipinski definition) is 4. The van der Waals surface area contributed by atoms with Crippen LogP contribution >= 0.6 is 0 Å². The molecule has 5 nitrogen and oxygen atoms in total. The third-order valence-electron chi connectivity index (χ3n) is 4.04. The van der Waals surface area contributed by atoms with Gasteiger partial charge in [0.15, 0.2) is 0 Å². The monoisotopic (exact) mass is 328 g/mol. The zero-order valence-electron chi connectivity index (χ0n) is 13.8. The highest BCUT2D eigenvalue weighted by molar-refractivity contribution is 5.95. The Morgan fingerprint density at radius 2 is 1.92 bits per heavy atom. The van der Waals surface area contributed by atoms with E-state index in [0.717, 1.165) is 12.8 Å². The van der Waals surface area contributed by atoms with E-state index in [0.29, 0.717) is 12.1 Å². The van der Waals surface area contributed by atoms with Crippen LogP contribution < -0.4 is 11.1 Å². The number of aliphatic hydroxyl groups excluding tert-OH is 1. The lowest BCUT2D eigenvalue weighted by Crippen LogP contribution is -2.31. The first-order chi connectivity index (χ1) is 11.5. The van der Waals surface area contributed by atoms with Gasteiger partial charge in [0, 0.05) is 12.6 Å². The second-order valence-electron chi connectivity index (χ2n) is 5.99. The molecule has 0 saturated heterocycles. The van der Waals surface area contributed by atoms with Crippen molar-refractivity contribution in [2.45, 2.75) is 31.9 Å². The maximum absolute atomic E-state index is 11.2. The molecule has 2 rings (SSSR count). The van der Waals surface area contributed by atoms with Crippen molar-refractivity contribution in [3.05, 3.63) is 65.2 Å². The predicted molar refractivity (Wildman–Crippen MR) is 93.8 cm³/mol. The summed E-state index contributed by atoms with van der Waals surface area (Å²) in [4.78, 5) is 11.2. The molecule has 0 aliphatic rings. The van der Waals surface area contributed by atoms with Gasteiger partial charge in [0.25, 0.3) is 5.91 Å². The Morgan fingerprint density at radius 3 is 2.58 bits per heavy atom. The molecule has 1 amide bonds. The Kier molecular flexibility index (Phi) is 6.35. The molecule has 0 radical (unpaired) electrons. The number of amides is 1. The van der Waals surface area contributed by atoms with Gasteiger partial charge in [-0.25, -0.2) is 0 Å². The maximum Gasteiger partial charge on any atom is 0.252 e. The highest BCUT2D eigenvalue weighted by Gasteiger charge is 2.14. The van der Waals surface area contributed by atoms with Crippen LogP contribution in [0, 0.1) is 0 Å². The summed E-state index contributed by atoms with van der Waals surface area (Å²) in [5.74, 6) is -0.895. The third kappa shape index (κ3) is 5.08. The second-order valence-corrected chi connectivity index (χ2v) is 5.99. The molecule has 2 aromatic rings. The smallest absolute Gasteiger partial charge is 0.252 e. The first-order valence-electron chi connectivity index (χ1n) is 8.05. The van der Waals surface area contributed by atoms with Crippen LogP contribution in [0.5, 0.6) is 5.75 Å². The molecule has 0 saturated carbocycles. The van der Waals surface area contributed by atoms with Gasteiger partial charge in [-0.05, 0) is 43.0 Å². The number of aryl methyl sites for hydroxylation is 1. The van der Waals surface area contributed by atoms with E-state index in [4.69, 9.17) is 5.73 Å². The molecule has 0 aromatic heterocycles. The third-order valence-corrected chi connectivity index (χ3v) is 4.04. The lowest BCUT2D eigenvalue weighted by molar-refractivity contribution is 0.0997. The molecular weight excluding hydrogens is 304 g/mol. The minimum Gasteiger partial charge on any atom is -0.507 e. The van der Waals surface area contributed by atoms with Crippen molar-refractivity contribution in [3.8, 4) is 5.75 Å². The van der Waals surface area contributed by atoms with Crippen molar-refractivity contribution in [3.63, 3.8) is 0 Å². The van der Waals surface area contributed by atoms with Gasteiger partial charge in [0.05, 0.1) is 11.7 Å². The number of hydrogen-bond donors (Lipinski definition) is 4.